The summed E-state index contributed by atoms with van der Waals surface area (Å²) in [5, 5.41) is 0. The second kappa shape index (κ2) is 9.49. The number of ether oxygens (including phenoxy) is 1. The van der Waals surface area contributed by atoms with Crippen molar-refractivity contribution in [3.05, 3.63) is 65.5 Å². The molecular weight excluding hydrogens is 379 g/mol. The van der Waals surface area contributed by atoms with Crippen molar-refractivity contribution in [1.82, 2.24) is 9.62 Å². The largest absolute Gasteiger partial charge is 0.494 e. The van der Waals surface area contributed by atoms with E-state index in [0.717, 1.165) is 37.1 Å². The molecule has 1 N–H and O–H groups in total. The summed E-state index contributed by atoms with van der Waals surface area (Å²) in [6.45, 7) is 2.91. The van der Waals surface area contributed by atoms with Crippen LogP contribution in [0.1, 0.15) is 24.0 Å². The molecule has 0 radical (unpaired) electrons. The fourth-order valence-electron chi connectivity index (χ4n) is 3.61. The van der Waals surface area contributed by atoms with Gasteiger partial charge in [-0.2, -0.15) is 0 Å². The van der Waals surface area contributed by atoms with Crippen LogP contribution < -0.4 is 9.46 Å². The SMILES string of the molecule is COc1cc(CN2CCC[C@@H](CNS(=O)(=O)Cc3ccccc3)C2)ccc1F. The third kappa shape index (κ3) is 6.02. The number of hydrogen-bond acceptors (Lipinski definition) is 4. The molecule has 152 valence electrons. The first-order chi connectivity index (χ1) is 13.4. The number of piperidine rings is 1. The van der Waals surface area contributed by atoms with Crippen molar-refractivity contribution in [2.45, 2.75) is 25.1 Å². The molecule has 5 nitrogen and oxygen atoms in total. The summed E-state index contributed by atoms with van der Waals surface area (Å²) in [5.74, 6) is 0.150. The molecule has 0 aliphatic carbocycles. The first-order valence-corrected chi connectivity index (χ1v) is 11.2. The quantitative estimate of drug-likeness (QED) is 0.732. The van der Waals surface area contributed by atoms with Gasteiger partial charge in [0, 0.05) is 19.6 Å². The van der Waals surface area contributed by atoms with Gasteiger partial charge in [0.2, 0.25) is 10.0 Å². The number of sulfonamides is 1. The summed E-state index contributed by atoms with van der Waals surface area (Å²) in [4.78, 5) is 2.28. The highest BCUT2D eigenvalue weighted by Gasteiger charge is 2.22. The van der Waals surface area contributed by atoms with Gasteiger partial charge in [0.25, 0.3) is 0 Å². The lowest BCUT2D eigenvalue weighted by molar-refractivity contribution is 0.168. The molecule has 2 aromatic carbocycles. The standard InChI is InChI=1S/C21H27FN2O3S/c1-27-21-12-18(9-10-20(21)22)14-24-11-5-8-19(15-24)13-23-28(25,26)16-17-6-3-2-4-7-17/h2-4,6-7,9-10,12,19,23H,5,8,11,13-16H2,1H3/t19-/m0/s1. The maximum atomic E-state index is 13.6. The highest BCUT2D eigenvalue weighted by Crippen LogP contribution is 2.22. The number of benzene rings is 2. The van der Waals surface area contributed by atoms with Crippen molar-refractivity contribution in [2.24, 2.45) is 5.92 Å². The van der Waals surface area contributed by atoms with Crippen LogP contribution in [-0.2, 0) is 22.3 Å². The zero-order valence-electron chi connectivity index (χ0n) is 16.1. The zero-order valence-corrected chi connectivity index (χ0v) is 16.9. The van der Waals surface area contributed by atoms with Gasteiger partial charge in [0.05, 0.1) is 12.9 Å². The topological polar surface area (TPSA) is 58.6 Å². The predicted octanol–water partition coefficient (Wildman–Crippen LogP) is 3.17. The van der Waals surface area contributed by atoms with Crippen molar-refractivity contribution in [3.63, 3.8) is 0 Å². The molecule has 1 heterocycles. The number of hydrogen-bond donors (Lipinski definition) is 1. The van der Waals surface area contributed by atoms with Crippen LogP contribution in [0, 0.1) is 11.7 Å². The van der Waals surface area contributed by atoms with Gasteiger partial charge in [0.1, 0.15) is 0 Å². The first kappa shape index (κ1) is 20.8. The molecule has 0 spiro atoms. The Hall–Kier alpha value is -1.96. The Labute approximate surface area is 166 Å². The van der Waals surface area contributed by atoms with Crippen LogP contribution in [0.3, 0.4) is 0 Å². The summed E-state index contributed by atoms with van der Waals surface area (Å²) in [6.07, 6.45) is 2.01. The lowest BCUT2D eigenvalue weighted by Gasteiger charge is -2.32. The summed E-state index contributed by atoms with van der Waals surface area (Å²) in [7, 11) is -1.89. The van der Waals surface area contributed by atoms with E-state index in [4.69, 9.17) is 4.74 Å². The lowest BCUT2D eigenvalue weighted by atomic mass is 9.98. The smallest absolute Gasteiger partial charge is 0.215 e. The van der Waals surface area contributed by atoms with Crippen molar-refractivity contribution in [1.29, 1.82) is 0 Å². The number of nitrogens with one attached hydrogen (secondary N) is 1. The molecule has 1 saturated heterocycles. The molecule has 0 aromatic heterocycles. The average molecular weight is 407 g/mol. The van der Waals surface area contributed by atoms with Gasteiger partial charge in [-0.1, -0.05) is 36.4 Å². The molecule has 0 saturated carbocycles. The fraction of sp³-hybridized carbons (Fsp3) is 0.429. The highest BCUT2D eigenvalue weighted by molar-refractivity contribution is 7.88. The van der Waals surface area contributed by atoms with Gasteiger partial charge in [-0.25, -0.2) is 17.5 Å². The number of methoxy groups -OCH3 is 1. The van der Waals surface area contributed by atoms with E-state index >= 15 is 0 Å². The minimum absolute atomic E-state index is 0.000349. The van der Waals surface area contributed by atoms with E-state index in [1.54, 1.807) is 12.1 Å². The Bertz CT molecular complexity index is 874. The van der Waals surface area contributed by atoms with Gasteiger partial charge < -0.3 is 4.74 Å². The lowest BCUT2D eigenvalue weighted by Crippen LogP contribution is -2.40. The molecule has 1 fully saturated rings. The van der Waals surface area contributed by atoms with Crippen LogP contribution in [0.4, 0.5) is 4.39 Å². The van der Waals surface area contributed by atoms with Crippen LogP contribution in [0.5, 0.6) is 5.75 Å². The van der Waals surface area contributed by atoms with Crippen LogP contribution in [0.2, 0.25) is 0 Å². The number of rotatable bonds is 8. The van der Waals surface area contributed by atoms with E-state index in [9.17, 15) is 12.8 Å². The van der Waals surface area contributed by atoms with Gasteiger partial charge in [-0.15, -0.1) is 0 Å². The number of likely N-dealkylation sites (tertiary alicyclic amines) is 1. The van der Waals surface area contributed by atoms with E-state index in [1.165, 1.54) is 13.2 Å². The fourth-order valence-corrected chi connectivity index (χ4v) is 4.83. The molecule has 1 atom stereocenters. The third-order valence-corrected chi connectivity index (χ3v) is 6.34. The number of nitrogens with zero attached hydrogens (tertiary/aromatic N) is 1. The number of halogens is 1. The molecular formula is C21H27FN2O3S. The minimum atomic E-state index is -3.35. The molecule has 28 heavy (non-hydrogen) atoms. The van der Waals surface area contributed by atoms with Gasteiger partial charge in [0.15, 0.2) is 11.6 Å². The van der Waals surface area contributed by atoms with Crippen LogP contribution >= 0.6 is 0 Å². The maximum Gasteiger partial charge on any atom is 0.215 e. The molecule has 2 aromatic rings. The summed E-state index contributed by atoms with van der Waals surface area (Å²) >= 11 is 0. The van der Waals surface area contributed by atoms with Crippen molar-refractivity contribution < 1.29 is 17.5 Å². The zero-order chi connectivity index (χ0) is 20.0. The van der Waals surface area contributed by atoms with Crippen LogP contribution in [0.15, 0.2) is 48.5 Å². The summed E-state index contributed by atoms with van der Waals surface area (Å²) in [6, 6.07) is 14.1. The van der Waals surface area contributed by atoms with Gasteiger partial charge in [-0.05, 0) is 48.6 Å². The molecule has 3 rings (SSSR count). The summed E-state index contributed by atoms with van der Waals surface area (Å²) < 4.78 is 46.1. The predicted molar refractivity (Wildman–Crippen MR) is 108 cm³/mol. The van der Waals surface area contributed by atoms with Crippen LogP contribution in [-0.4, -0.2) is 40.1 Å². The van der Waals surface area contributed by atoms with Crippen LogP contribution in [0.25, 0.3) is 0 Å². The highest BCUT2D eigenvalue weighted by atomic mass is 32.2. The van der Waals surface area contributed by atoms with Crippen molar-refractivity contribution in [2.75, 3.05) is 26.7 Å². The van der Waals surface area contributed by atoms with E-state index in [1.807, 2.05) is 30.3 Å². The third-order valence-electron chi connectivity index (χ3n) is 5.02. The second-order valence-electron chi connectivity index (χ2n) is 7.31. The molecule has 1 aliphatic heterocycles. The Kier molecular flexibility index (Phi) is 7.04. The van der Waals surface area contributed by atoms with Gasteiger partial charge >= 0.3 is 0 Å². The average Bonchev–Trinajstić information content (AvgIpc) is 2.69. The Morgan fingerprint density at radius 2 is 1.96 bits per heavy atom. The molecule has 1 aliphatic rings. The molecule has 0 amide bonds. The van der Waals surface area contributed by atoms with E-state index < -0.39 is 10.0 Å². The molecule has 7 heteroatoms. The second-order valence-corrected chi connectivity index (χ2v) is 9.11. The molecule has 0 bridgehead atoms. The normalized spacial score (nSPS) is 18.1. The maximum absolute atomic E-state index is 13.6. The summed E-state index contributed by atoms with van der Waals surface area (Å²) in [5.41, 5.74) is 1.77. The van der Waals surface area contributed by atoms with E-state index in [0.29, 0.717) is 13.1 Å². The Morgan fingerprint density at radius 3 is 2.71 bits per heavy atom. The monoisotopic (exact) mass is 406 g/mol. The minimum Gasteiger partial charge on any atom is -0.494 e. The van der Waals surface area contributed by atoms with Gasteiger partial charge in [-0.3, -0.25) is 4.90 Å². The van der Waals surface area contributed by atoms with E-state index in [-0.39, 0.29) is 23.2 Å². The van der Waals surface area contributed by atoms with Crippen molar-refractivity contribution >= 4 is 10.0 Å². The Balaban J connectivity index is 1.52. The van der Waals surface area contributed by atoms with E-state index in [2.05, 4.69) is 9.62 Å². The van der Waals surface area contributed by atoms with Crippen molar-refractivity contribution in [3.8, 4) is 5.75 Å². The Morgan fingerprint density at radius 1 is 1.18 bits per heavy atom. The first-order valence-electron chi connectivity index (χ1n) is 9.51. The molecule has 0 unspecified atom stereocenters.